The molecule has 2 unspecified atom stereocenters. The van der Waals surface area contributed by atoms with Gasteiger partial charge in [-0.25, -0.2) is 0 Å². The molecule has 96 valence electrons. The number of rotatable bonds is 3. The molecule has 1 fully saturated rings. The Morgan fingerprint density at radius 3 is 2.12 bits per heavy atom. The van der Waals surface area contributed by atoms with E-state index in [0.29, 0.717) is 0 Å². The van der Waals surface area contributed by atoms with Gasteiger partial charge in [0.1, 0.15) is 0 Å². The van der Waals surface area contributed by atoms with Gasteiger partial charge in [-0.3, -0.25) is 19.3 Å². The summed E-state index contributed by atoms with van der Waals surface area (Å²) in [5.41, 5.74) is 3.73. The van der Waals surface area contributed by atoms with Crippen molar-refractivity contribution in [1.82, 2.24) is 4.90 Å². The van der Waals surface area contributed by atoms with Gasteiger partial charge in [-0.05, 0) is 27.7 Å². The molecule has 0 aliphatic carbocycles. The highest BCUT2D eigenvalue weighted by molar-refractivity contribution is 6.05. The van der Waals surface area contributed by atoms with Crippen molar-refractivity contribution >= 4 is 17.6 Å². The van der Waals surface area contributed by atoms with Crippen LogP contribution in [0.4, 0.5) is 0 Å². The van der Waals surface area contributed by atoms with E-state index >= 15 is 0 Å². The molecule has 2 amide bonds. The summed E-state index contributed by atoms with van der Waals surface area (Å²) in [5, 5.41) is 0. The zero-order valence-corrected chi connectivity index (χ0v) is 11.0. The van der Waals surface area contributed by atoms with E-state index in [0.717, 1.165) is 4.90 Å². The van der Waals surface area contributed by atoms with Gasteiger partial charge in [0.25, 0.3) is 0 Å². The van der Waals surface area contributed by atoms with Gasteiger partial charge in [0, 0.05) is 12.3 Å². The summed E-state index contributed by atoms with van der Waals surface area (Å²) < 4.78 is 0. The first-order valence-electron chi connectivity index (χ1n) is 5.70. The minimum absolute atomic E-state index is 0.191. The number of likely N-dealkylation sites (tertiary alicyclic amines) is 1. The Morgan fingerprint density at radius 1 is 1.35 bits per heavy atom. The predicted octanol–water partition coefficient (Wildman–Crippen LogP) is 0.466. The molecule has 1 saturated heterocycles. The molecule has 0 aromatic rings. The van der Waals surface area contributed by atoms with E-state index in [2.05, 4.69) is 0 Å². The summed E-state index contributed by atoms with van der Waals surface area (Å²) in [7, 11) is 0. The summed E-state index contributed by atoms with van der Waals surface area (Å²) in [6.45, 7) is 7.94. The lowest BCUT2D eigenvalue weighted by Crippen LogP contribution is -2.68. The first kappa shape index (κ1) is 13.8. The Morgan fingerprint density at radius 2 is 1.82 bits per heavy atom. The molecular formula is C12H20N2O3. The third-order valence-electron chi connectivity index (χ3n) is 3.93. The minimum Gasteiger partial charge on any atom is -0.317 e. The van der Waals surface area contributed by atoms with Gasteiger partial charge in [-0.15, -0.1) is 0 Å². The maximum absolute atomic E-state index is 12.0. The number of amides is 2. The molecule has 0 aromatic heterocycles. The molecule has 2 N–H and O–H groups in total. The Hall–Kier alpha value is -1.23. The molecule has 1 heterocycles. The lowest BCUT2D eigenvalue weighted by atomic mass is 9.77. The van der Waals surface area contributed by atoms with E-state index in [1.807, 2.05) is 0 Å². The van der Waals surface area contributed by atoms with Crippen LogP contribution in [0.1, 0.15) is 41.0 Å². The molecule has 0 spiro atoms. The molecule has 2 atom stereocenters. The number of Topliss-reactive ketones (excluding diaryl/α,β-unsaturated/α-hetero) is 1. The van der Waals surface area contributed by atoms with E-state index in [1.54, 1.807) is 27.7 Å². The van der Waals surface area contributed by atoms with Crippen molar-refractivity contribution < 1.29 is 14.4 Å². The predicted molar refractivity (Wildman–Crippen MR) is 63.0 cm³/mol. The smallest absolute Gasteiger partial charge is 0.233 e. The van der Waals surface area contributed by atoms with Crippen LogP contribution in [-0.2, 0) is 14.4 Å². The fourth-order valence-electron chi connectivity index (χ4n) is 2.03. The number of nitrogens with two attached hydrogens (primary N) is 1. The molecule has 5 heteroatoms. The van der Waals surface area contributed by atoms with Crippen LogP contribution in [0.25, 0.3) is 0 Å². The highest BCUT2D eigenvalue weighted by Crippen LogP contribution is 2.33. The monoisotopic (exact) mass is 240 g/mol. The molecule has 1 rings (SSSR count). The summed E-state index contributed by atoms with van der Waals surface area (Å²) in [5.74, 6) is -1.09. The summed E-state index contributed by atoms with van der Waals surface area (Å²) in [4.78, 5) is 36.6. The van der Waals surface area contributed by atoms with E-state index in [9.17, 15) is 14.4 Å². The SMILES string of the molecule is CC(=O)C(C)(N)C(C)(C)N1C(=O)CC(C)C1=O. The highest BCUT2D eigenvalue weighted by atomic mass is 16.2. The van der Waals surface area contributed by atoms with Gasteiger partial charge in [0.05, 0.1) is 11.1 Å². The highest BCUT2D eigenvalue weighted by Gasteiger charge is 2.53. The van der Waals surface area contributed by atoms with Crippen LogP contribution >= 0.6 is 0 Å². The second kappa shape index (κ2) is 3.91. The number of ketones is 1. The molecule has 17 heavy (non-hydrogen) atoms. The van der Waals surface area contributed by atoms with Crippen LogP contribution in [0.3, 0.4) is 0 Å². The van der Waals surface area contributed by atoms with Crippen LogP contribution in [0.5, 0.6) is 0 Å². The van der Waals surface area contributed by atoms with Crippen molar-refractivity contribution in [2.45, 2.75) is 52.1 Å². The molecule has 0 saturated carbocycles. The molecule has 5 nitrogen and oxygen atoms in total. The fraction of sp³-hybridized carbons (Fsp3) is 0.750. The maximum Gasteiger partial charge on any atom is 0.233 e. The topological polar surface area (TPSA) is 80.5 Å². The van der Waals surface area contributed by atoms with E-state index in [1.165, 1.54) is 6.92 Å². The Bertz CT molecular complexity index is 385. The largest absolute Gasteiger partial charge is 0.317 e. The molecule has 1 aliphatic heterocycles. The van der Waals surface area contributed by atoms with Crippen LogP contribution in [0, 0.1) is 5.92 Å². The van der Waals surface area contributed by atoms with Gasteiger partial charge in [-0.2, -0.15) is 0 Å². The zero-order chi connectivity index (χ0) is 13.6. The van der Waals surface area contributed by atoms with Crippen molar-refractivity contribution in [3.8, 4) is 0 Å². The number of carbonyl (C=O) groups excluding carboxylic acids is 3. The third-order valence-corrected chi connectivity index (χ3v) is 3.93. The number of hydrogen-bond acceptors (Lipinski definition) is 4. The number of imide groups is 1. The molecular weight excluding hydrogens is 220 g/mol. The van der Waals surface area contributed by atoms with Crippen molar-refractivity contribution in [2.24, 2.45) is 11.7 Å². The standard InChI is InChI=1S/C12H20N2O3/c1-7-6-9(16)14(10(7)17)11(3,4)12(5,13)8(2)15/h7H,6,13H2,1-5H3. The van der Waals surface area contributed by atoms with Gasteiger partial charge >= 0.3 is 0 Å². The van der Waals surface area contributed by atoms with Gasteiger partial charge in [0.2, 0.25) is 11.8 Å². The average molecular weight is 240 g/mol. The van der Waals surface area contributed by atoms with Crippen LogP contribution in [0.15, 0.2) is 0 Å². The molecule has 1 aliphatic rings. The van der Waals surface area contributed by atoms with Crippen LogP contribution in [0.2, 0.25) is 0 Å². The first-order valence-corrected chi connectivity index (χ1v) is 5.70. The maximum atomic E-state index is 12.0. The van der Waals surface area contributed by atoms with Crippen LogP contribution in [-0.4, -0.2) is 33.6 Å². The second-order valence-corrected chi connectivity index (χ2v) is 5.49. The summed E-state index contributed by atoms with van der Waals surface area (Å²) in [6.07, 6.45) is 0.191. The van der Waals surface area contributed by atoms with E-state index in [-0.39, 0.29) is 29.9 Å². The Labute approximate surface area is 101 Å². The Balaban J connectivity index is 3.19. The van der Waals surface area contributed by atoms with E-state index < -0.39 is 11.1 Å². The quantitative estimate of drug-likeness (QED) is 0.727. The zero-order valence-electron chi connectivity index (χ0n) is 11.0. The van der Waals surface area contributed by atoms with Crippen LogP contribution < -0.4 is 5.73 Å². The number of nitrogens with zero attached hydrogens (tertiary/aromatic N) is 1. The van der Waals surface area contributed by atoms with Crippen molar-refractivity contribution in [3.63, 3.8) is 0 Å². The third kappa shape index (κ3) is 1.88. The van der Waals surface area contributed by atoms with Crippen molar-refractivity contribution in [3.05, 3.63) is 0 Å². The fourth-order valence-corrected chi connectivity index (χ4v) is 2.03. The number of carbonyl (C=O) groups is 3. The normalized spacial score (nSPS) is 25.1. The van der Waals surface area contributed by atoms with Crippen molar-refractivity contribution in [2.75, 3.05) is 0 Å². The van der Waals surface area contributed by atoms with Gasteiger partial charge in [0.15, 0.2) is 5.78 Å². The second-order valence-electron chi connectivity index (χ2n) is 5.49. The molecule has 0 aromatic carbocycles. The molecule has 0 radical (unpaired) electrons. The lowest BCUT2D eigenvalue weighted by Gasteiger charge is -2.44. The lowest BCUT2D eigenvalue weighted by molar-refractivity contribution is -0.149. The minimum atomic E-state index is -1.25. The van der Waals surface area contributed by atoms with E-state index in [4.69, 9.17) is 5.73 Å². The average Bonchev–Trinajstić information content (AvgIpc) is 2.40. The summed E-state index contributed by atoms with van der Waals surface area (Å²) in [6, 6.07) is 0. The number of hydrogen-bond donors (Lipinski definition) is 1. The van der Waals surface area contributed by atoms with Gasteiger partial charge in [-0.1, -0.05) is 6.92 Å². The van der Waals surface area contributed by atoms with Crippen molar-refractivity contribution in [1.29, 1.82) is 0 Å². The van der Waals surface area contributed by atoms with Gasteiger partial charge < -0.3 is 5.73 Å². The first-order chi connectivity index (χ1) is 7.53. The summed E-state index contributed by atoms with van der Waals surface area (Å²) >= 11 is 0. The Kier molecular flexibility index (Phi) is 3.18. The molecule has 0 bridgehead atoms.